The number of nitrogens with one attached hydrogen (secondary N) is 3. The van der Waals surface area contributed by atoms with Gasteiger partial charge in [0.1, 0.15) is 0 Å². The van der Waals surface area contributed by atoms with Gasteiger partial charge < -0.3 is 16.0 Å². The fraction of sp³-hybridized carbons (Fsp3) is 0.200. The molecule has 7 nitrogen and oxygen atoms in total. The zero-order valence-electron chi connectivity index (χ0n) is 16.0. The second-order valence-electron chi connectivity index (χ2n) is 6.27. The molecule has 0 saturated heterocycles. The maximum absolute atomic E-state index is 12.4. The second-order valence-corrected chi connectivity index (χ2v) is 8.57. The van der Waals surface area contributed by atoms with Gasteiger partial charge in [0, 0.05) is 22.4 Å². The first-order valence-electron chi connectivity index (χ1n) is 9.09. The number of thiazole rings is 1. The molecule has 0 atom stereocenters. The number of benzene rings is 1. The highest BCUT2D eigenvalue weighted by Gasteiger charge is 2.13. The molecule has 30 heavy (non-hydrogen) atoms. The maximum atomic E-state index is 12.4. The third-order valence-electron chi connectivity index (χ3n) is 3.90. The third kappa shape index (κ3) is 6.38. The summed E-state index contributed by atoms with van der Waals surface area (Å²) in [5.74, 6) is -0.594. The molecular weight excluding hydrogens is 444 g/mol. The van der Waals surface area contributed by atoms with Crippen LogP contribution in [0.4, 0.5) is 16.5 Å². The molecule has 0 fully saturated rings. The number of aromatic nitrogens is 1. The first kappa shape index (κ1) is 21.9. The van der Waals surface area contributed by atoms with Crippen LogP contribution in [-0.2, 0) is 27.2 Å². The van der Waals surface area contributed by atoms with Gasteiger partial charge in [-0.1, -0.05) is 24.6 Å². The van der Waals surface area contributed by atoms with Crippen LogP contribution in [-0.4, -0.2) is 22.7 Å². The minimum atomic E-state index is -0.308. The molecule has 10 heteroatoms. The van der Waals surface area contributed by atoms with Crippen molar-refractivity contribution in [1.82, 2.24) is 4.98 Å². The Labute approximate surface area is 186 Å². The van der Waals surface area contributed by atoms with E-state index in [1.54, 1.807) is 30.5 Å². The number of hydrogen-bond donors (Lipinski definition) is 3. The molecule has 0 bridgehead atoms. The van der Waals surface area contributed by atoms with Gasteiger partial charge in [-0.05, 0) is 29.6 Å². The SMILES string of the molecule is CCC(=O)Nc1ccc(Cl)c(NC(=O)Cc2csc(NC(=O)Cc3cccs3)n2)c1. The average molecular weight is 463 g/mol. The first-order chi connectivity index (χ1) is 14.4. The lowest BCUT2D eigenvalue weighted by atomic mass is 10.2. The van der Waals surface area contributed by atoms with Crippen LogP contribution >= 0.6 is 34.3 Å². The van der Waals surface area contributed by atoms with Gasteiger partial charge in [0.2, 0.25) is 17.7 Å². The summed E-state index contributed by atoms with van der Waals surface area (Å²) in [6.45, 7) is 1.75. The Kier molecular flexibility index (Phi) is 7.56. The molecule has 3 rings (SSSR count). The van der Waals surface area contributed by atoms with Crippen molar-refractivity contribution in [2.75, 3.05) is 16.0 Å². The van der Waals surface area contributed by atoms with E-state index in [1.165, 1.54) is 22.7 Å². The van der Waals surface area contributed by atoms with Crippen LogP contribution in [0.25, 0.3) is 0 Å². The normalized spacial score (nSPS) is 10.5. The number of amides is 3. The summed E-state index contributed by atoms with van der Waals surface area (Å²) in [4.78, 5) is 41.2. The summed E-state index contributed by atoms with van der Waals surface area (Å²) in [7, 11) is 0. The van der Waals surface area contributed by atoms with Crippen LogP contribution in [0.3, 0.4) is 0 Å². The Morgan fingerprint density at radius 3 is 2.53 bits per heavy atom. The number of carbonyl (C=O) groups excluding carboxylic acids is 3. The number of carbonyl (C=O) groups is 3. The zero-order valence-corrected chi connectivity index (χ0v) is 18.4. The lowest BCUT2D eigenvalue weighted by Crippen LogP contribution is -2.16. The van der Waals surface area contributed by atoms with Gasteiger partial charge in [0.15, 0.2) is 5.13 Å². The highest BCUT2D eigenvalue weighted by Crippen LogP contribution is 2.26. The van der Waals surface area contributed by atoms with Crippen molar-refractivity contribution in [2.24, 2.45) is 0 Å². The van der Waals surface area contributed by atoms with Gasteiger partial charge >= 0.3 is 0 Å². The number of thiophene rings is 1. The van der Waals surface area contributed by atoms with E-state index < -0.39 is 0 Å². The van der Waals surface area contributed by atoms with E-state index in [2.05, 4.69) is 20.9 Å². The van der Waals surface area contributed by atoms with Crippen molar-refractivity contribution in [1.29, 1.82) is 0 Å². The van der Waals surface area contributed by atoms with Crippen molar-refractivity contribution in [3.05, 3.63) is 56.7 Å². The molecular formula is C20H19ClN4O3S2. The molecule has 3 N–H and O–H groups in total. The quantitative estimate of drug-likeness (QED) is 0.456. The highest BCUT2D eigenvalue weighted by molar-refractivity contribution is 7.14. The van der Waals surface area contributed by atoms with E-state index in [-0.39, 0.29) is 30.6 Å². The standard InChI is InChI=1S/C20H19ClN4O3S2/c1-2-17(26)22-12-5-6-15(21)16(8-12)24-18(27)9-13-11-30-20(23-13)25-19(28)10-14-4-3-7-29-14/h3-8,11H,2,9-10H2,1H3,(H,22,26)(H,24,27)(H,23,25,28). The molecule has 2 heterocycles. The Balaban J connectivity index is 1.56. The molecule has 0 aliphatic rings. The van der Waals surface area contributed by atoms with Crippen molar-refractivity contribution < 1.29 is 14.4 Å². The van der Waals surface area contributed by atoms with Crippen LogP contribution in [0.5, 0.6) is 0 Å². The number of halogens is 1. The van der Waals surface area contributed by atoms with E-state index in [9.17, 15) is 14.4 Å². The molecule has 0 saturated carbocycles. The molecule has 0 aliphatic carbocycles. The van der Waals surface area contributed by atoms with E-state index in [0.29, 0.717) is 33.6 Å². The zero-order chi connectivity index (χ0) is 21.5. The molecule has 0 spiro atoms. The number of anilines is 3. The summed E-state index contributed by atoms with van der Waals surface area (Å²) >= 11 is 8.92. The summed E-state index contributed by atoms with van der Waals surface area (Å²) < 4.78 is 0. The molecule has 0 unspecified atom stereocenters. The second kappa shape index (κ2) is 10.3. The summed E-state index contributed by atoms with van der Waals surface area (Å²) in [5, 5.41) is 12.6. The van der Waals surface area contributed by atoms with E-state index in [4.69, 9.17) is 11.6 Å². The van der Waals surface area contributed by atoms with Gasteiger partial charge in [-0.3, -0.25) is 14.4 Å². The first-order valence-corrected chi connectivity index (χ1v) is 11.2. The predicted molar refractivity (Wildman–Crippen MR) is 121 cm³/mol. The number of rotatable bonds is 8. The van der Waals surface area contributed by atoms with Gasteiger partial charge in [0.25, 0.3) is 0 Å². The maximum Gasteiger partial charge on any atom is 0.231 e. The third-order valence-corrected chi connectivity index (χ3v) is 5.91. The molecule has 0 radical (unpaired) electrons. The highest BCUT2D eigenvalue weighted by atomic mass is 35.5. The van der Waals surface area contributed by atoms with Crippen molar-refractivity contribution in [3.8, 4) is 0 Å². The largest absolute Gasteiger partial charge is 0.326 e. The fourth-order valence-electron chi connectivity index (χ4n) is 2.49. The van der Waals surface area contributed by atoms with Crippen LogP contribution in [0, 0.1) is 0 Å². The topological polar surface area (TPSA) is 100 Å². The average Bonchev–Trinajstić information content (AvgIpc) is 3.36. The van der Waals surface area contributed by atoms with Gasteiger partial charge in [-0.2, -0.15) is 0 Å². The molecule has 3 aromatic rings. The Morgan fingerprint density at radius 2 is 1.80 bits per heavy atom. The lowest BCUT2D eigenvalue weighted by Gasteiger charge is -2.10. The number of nitrogens with zero attached hydrogens (tertiary/aromatic N) is 1. The van der Waals surface area contributed by atoms with Crippen LogP contribution in [0.2, 0.25) is 5.02 Å². The minimum Gasteiger partial charge on any atom is -0.326 e. The lowest BCUT2D eigenvalue weighted by molar-refractivity contribution is -0.116. The monoisotopic (exact) mass is 462 g/mol. The Hall–Kier alpha value is -2.75. The summed E-state index contributed by atoms with van der Waals surface area (Å²) in [6, 6.07) is 8.66. The molecule has 1 aromatic carbocycles. The molecule has 3 amide bonds. The van der Waals surface area contributed by atoms with E-state index in [1.807, 2.05) is 17.5 Å². The van der Waals surface area contributed by atoms with Crippen molar-refractivity contribution in [3.63, 3.8) is 0 Å². The molecule has 2 aromatic heterocycles. The fourth-order valence-corrected chi connectivity index (χ4v) is 4.08. The van der Waals surface area contributed by atoms with E-state index >= 15 is 0 Å². The van der Waals surface area contributed by atoms with Crippen LogP contribution < -0.4 is 16.0 Å². The predicted octanol–water partition coefficient (Wildman–Crippen LogP) is 4.57. The summed E-state index contributed by atoms with van der Waals surface area (Å²) in [5.41, 5.74) is 1.48. The van der Waals surface area contributed by atoms with Gasteiger partial charge in [-0.15, -0.1) is 22.7 Å². The van der Waals surface area contributed by atoms with Crippen LogP contribution in [0.15, 0.2) is 41.1 Å². The smallest absolute Gasteiger partial charge is 0.231 e. The number of hydrogen-bond acceptors (Lipinski definition) is 6. The van der Waals surface area contributed by atoms with Crippen molar-refractivity contribution >= 4 is 68.5 Å². The minimum absolute atomic E-state index is 0.0270. The van der Waals surface area contributed by atoms with Crippen LogP contribution in [0.1, 0.15) is 23.9 Å². The Morgan fingerprint density at radius 1 is 1.00 bits per heavy atom. The van der Waals surface area contributed by atoms with Gasteiger partial charge in [-0.25, -0.2) is 4.98 Å². The Bertz CT molecular complexity index is 1050. The van der Waals surface area contributed by atoms with Crippen molar-refractivity contribution in [2.45, 2.75) is 26.2 Å². The van der Waals surface area contributed by atoms with Gasteiger partial charge in [0.05, 0.1) is 29.2 Å². The molecule has 0 aliphatic heterocycles. The van der Waals surface area contributed by atoms with E-state index in [0.717, 1.165) is 4.88 Å². The molecule has 156 valence electrons. The summed E-state index contributed by atoms with van der Waals surface area (Å²) in [6.07, 6.45) is 0.663.